The van der Waals surface area contributed by atoms with E-state index in [-0.39, 0.29) is 5.91 Å². The van der Waals surface area contributed by atoms with Crippen molar-refractivity contribution in [2.45, 2.75) is 44.9 Å². The molecule has 1 heterocycles. The zero-order valence-electron chi connectivity index (χ0n) is 13.9. The van der Waals surface area contributed by atoms with E-state index in [9.17, 15) is 9.59 Å². The largest absolute Gasteiger partial charge is 0.356 e. The van der Waals surface area contributed by atoms with E-state index >= 15 is 0 Å². The molecule has 1 aromatic rings. The van der Waals surface area contributed by atoms with E-state index in [1.54, 1.807) is 6.92 Å². The number of likely N-dealkylation sites (tertiary alicyclic amines) is 1. The van der Waals surface area contributed by atoms with Gasteiger partial charge >= 0.3 is 0 Å². The first-order chi connectivity index (χ1) is 11.1. The van der Waals surface area contributed by atoms with Crippen LogP contribution in [0.3, 0.4) is 0 Å². The van der Waals surface area contributed by atoms with E-state index in [0.29, 0.717) is 24.2 Å². The standard InChI is InChI=1S/C19H26N2O2/c1-14(22)20-13-15-8-10-21(11-9-15)19(23)12-17-7-6-16-4-2-3-5-18(16)17/h2-5,15,17H,6-13H2,1H3,(H,20,22). The summed E-state index contributed by atoms with van der Waals surface area (Å²) >= 11 is 0. The lowest BCUT2D eigenvalue weighted by atomic mass is 9.94. The number of piperidine rings is 1. The molecule has 0 aromatic heterocycles. The van der Waals surface area contributed by atoms with Crippen molar-refractivity contribution >= 4 is 11.8 Å². The Balaban J connectivity index is 1.48. The van der Waals surface area contributed by atoms with Gasteiger partial charge in [-0.1, -0.05) is 24.3 Å². The number of nitrogens with one attached hydrogen (secondary N) is 1. The molecular formula is C19H26N2O2. The van der Waals surface area contributed by atoms with E-state index in [4.69, 9.17) is 0 Å². The van der Waals surface area contributed by atoms with Gasteiger partial charge in [0, 0.05) is 33.0 Å². The van der Waals surface area contributed by atoms with Crippen molar-refractivity contribution in [2.75, 3.05) is 19.6 Å². The van der Waals surface area contributed by atoms with Crippen LogP contribution in [0, 0.1) is 5.92 Å². The fourth-order valence-electron chi connectivity index (χ4n) is 3.87. The van der Waals surface area contributed by atoms with Crippen LogP contribution in [0.5, 0.6) is 0 Å². The Kier molecular flexibility index (Phi) is 4.99. The topological polar surface area (TPSA) is 49.4 Å². The number of aryl methyl sites for hydroxylation is 1. The summed E-state index contributed by atoms with van der Waals surface area (Å²) in [5.74, 6) is 1.24. The molecule has 1 aliphatic heterocycles. The molecule has 1 atom stereocenters. The summed E-state index contributed by atoms with van der Waals surface area (Å²) in [5.41, 5.74) is 2.79. The maximum atomic E-state index is 12.6. The first-order valence-electron chi connectivity index (χ1n) is 8.73. The normalized spacial score (nSPS) is 21.1. The summed E-state index contributed by atoms with van der Waals surface area (Å²) in [6, 6.07) is 8.53. The minimum Gasteiger partial charge on any atom is -0.356 e. The Morgan fingerprint density at radius 3 is 2.65 bits per heavy atom. The van der Waals surface area contributed by atoms with E-state index in [1.165, 1.54) is 11.1 Å². The molecule has 2 amide bonds. The van der Waals surface area contributed by atoms with Gasteiger partial charge in [-0.05, 0) is 48.6 Å². The van der Waals surface area contributed by atoms with Crippen LogP contribution in [0.25, 0.3) is 0 Å². The van der Waals surface area contributed by atoms with Crippen molar-refractivity contribution in [1.82, 2.24) is 10.2 Å². The number of nitrogens with zero attached hydrogens (tertiary/aromatic N) is 1. The lowest BCUT2D eigenvalue weighted by Gasteiger charge is -2.32. The molecule has 4 nitrogen and oxygen atoms in total. The summed E-state index contributed by atoms with van der Waals surface area (Å²) in [7, 11) is 0. The molecule has 1 saturated heterocycles. The third kappa shape index (κ3) is 3.92. The summed E-state index contributed by atoms with van der Waals surface area (Å²) in [4.78, 5) is 25.6. The Bertz CT molecular complexity index is 576. The first kappa shape index (κ1) is 16.0. The molecule has 1 N–H and O–H groups in total. The van der Waals surface area contributed by atoms with E-state index in [0.717, 1.165) is 45.3 Å². The third-order valence-corrected chi connectivity index (χ3v) is 5.28. The van der Waals surface area contributed by atoms with Crippen molar-refractivity contribution in [3.8, 4) is 0 Å². The molecule has 4 heteroatoms. The van der Waals surface area contributed by atoms with E-state index < -0.39 is 0 Å². The quantitative estimate of drug-likeness (QED) is 0.928. The molecule has 1 aliphatic carbocycles. The van der Waals surface area contributed by atoms with Gasteiger partial charge in [0.05, 0.1) is 0 Å². The Morgan fingerprint density at radius 2 is 1.91 bits per heavy atom. The molecule has 0 radical (unpaired) electrons. The van der Waals surface area contributed by atoms with Crippen LogP contribution in [-0.2, 0) is 16.0 Å². The lowest BCUT2D eigenvalue weighted by molar-refractivity contribution is -0.133. The Morgan fingerprint density at radius 1 is 1.17 bits per heavy atom. The molecule has 0 saturated carbocycles. The van der Waals surface area contributed by atoms with Gasteiger partial charge in [0.1, 0.15) is 0 Å². The minimum absolute atomic E-state index is 0.0309. The average Bonchev–Trinajstić information content (AvgIpc) is 2.96. The van der Waals surface area contributed by atoms with Gasteiger partial charge in [-0.25, -0.2) is 0 Å². The molecule has 23 heavy (non-hydrogen) atoms. The fraction of sp³-hybridized carbons (Fsp3) is 0.579. The van der Waals surface area contributed by atoms with E-state index in [2.05, 4.69) is 29.6 Å². The number of carbonyl (C=O) groups excluding carboxylic acids is 2. The van der Waals surface area contributed by atoms with Gasteiger partial charge in [-0.2, -0.15) is 0 Å². The second-order valence-corrected chi connectivity index (χ2v) is 6.90. The SMILES string of the molecule is CC(=O)NCC1CCN(C(=O)CC2CCc3ccccc32)CC1. The highest BCUT2D eigenvalue weighted by Gasteiger charge is 2.28. The molecule has 1 aromatic carbocycles. The van der Waals surface area contributed by atoms with Crippen LogP contribution in [0.2, 0.25) is 0 Å². The van der Waals surface area contributed by atoms with Crippen LogP contribution >= 0.6 is 0 Å². The van der Waals surface area contributed by atoms with Crippen LogP contribution in [0.15, 0.2) is 24.3 Å². The van der Waals surface area contributed by atoms with Crippen LogP contribution < -0.4 is 5.32 Å². The van der Waals surface area contributed by atoms with E-state index in [1.807, 2.05) is 4.90 Å². The number of fused-ring (bicyclic) bond motifs is 1. The highest BCUT2D eigenvalue weighted by atomic mass is 16.2. The average molecular weight is 314 g/mol. The maximum absolute atomic E-state index is 12.6. The molecule has 2 aliphatic rings. The van der Waals surface area contributed by atoms with Gasteiger partial charge in [0.25, 0.3) is 0 Å². The van der Waals surface area contributed by atoms with Gasteiger partial charge in [-0.15, -0.1) is 0 Å². The number of amides is 2. The first-order valence-corrected chi connectivity index (χ1v) is 8.73. The van der Waals surface area contributed by atoms with Crippen molar-refractivity contribution < 1.29 is 9.59 Å². The van der Waals surface area contributed by atoms with Gasteiger partial charge in [0.2, 0.25) is 11.8 Å². The molecule has 0 bridgehead atoms. The Labute approximate surface area is 138 Å². The zero-order chi connectivity index (χ0) is 16.2. The van der Waals surface area contributed by atoms with Crippen molar-refractivity contribution in [2.24, 2.45) is 5.92 Å². The predicted octanol–water partition coefficient (Wildman–Crippen LogP) is 2.48. The summed E-state index contributed by atoms with van der Waals surface area (Å²) in [6.45, 7) is 3.96. The fourth-order valence-corrected chi connectivity index (χ4v) is 3.87. The maximum Gasteiger partial charge on any atom is 0.223 e. The molecule has 0 spiro atoms. The number of carbonyl (C=O) groups is 2. The molecule has 3 rings (SSSR count). The second-order valence-electron chi connectivity index (χ2n) is 6.90. The van der Waals surface area contributed by atoms with Crippen LogP contribution in [0.1, 0.15) is 49.7 Å². The van der Waals surface area contributed by atoms with Crippen LogP contribution in [-0.4, -0.2) is 36.3 Å². The van der Waals surface area contributed by atoms with Crippen LogP contribution in [0.4, 0.5) is 0 Å². The monoisotopic (exact) mass is 314 g/mol. The number of hydrogen-bond donors (Lipinski definition) is 1. The summed E-state index contributed by atoms with van der Waals surface area (Å²) in [5, 5.41) is 2.89. The molecule has 124 valence electrons. The summed E-state index contributed by atoms with van der Waals surface area (Å²) < 4.78 is 0. The van der Waals surface area contributed by atoms with Crippen molar-refractivity contribution in [3.63, 3.8) is 0 Å². The van der Waals surface area contributed by atoms with Crippen molar-refractivity contribution in [3.05, 3.63) is 35.4 Å². The highest BCUT2D eigenvalue weighted by Crippen LogP contribution is 2.35. The molecular weight excluding hydrogens is 288 g/mol. The zero-order valence-corrected chi connectivity index (χ0v) is 13.9. The highest BCUT2D eigenvalue weighted by molar-refractivity contribution is 5.77. The third-order valence-electron chi connectivity index (χ3n) is 5.28. The second kappa shape index (κ2) is 7.16. The number of rotatable bonds is 4. The van der Waals surface area contributed by atoms with Gasteiger partial charge in [0.15, 0.2) is 0 Å². The lowest BCUT2D eigenvalue weighted by Crippen LogP contribution is -2.41. The number of hydrogen-bond acceptors (Lipinski definition) is 2. The summed E-state index contributed by atoms with van der Waals surface area (Å²) in [6.07, 6.45) is 4.84. The van der Waals surface area contributed by atoms with Crippen molar-refractivity contribution in [1.29, 1.82) is 0 Å². The number of benzene rings is 1. The van der Waals surface area contributed by atoms with Gasteiger partial charge < -0.3 is 10.2 Å². The minimum atomic E-state index is 0.0309. The van der Waals surface area contributed by atoms with Gasteiger partial charge in [-0.3, -0.25) is 9.59 Å². The predicted molar refractivity (Wildman–Crippen MR) is 90.1 cm³/mol. The molecule has 1 fully saturated rings. The molecule has 1 unspecified atom stereocenters. The smallest absolute Gasteiger partial charge is 0.223 e. The Hall–Kier alpha value is -1.84.